The smallest absolute Gasteiger partial charge is 0.387 e. The lowest BCUT2D eigenvalue weighted by Crippen LogP contribution is -2.43. The Morgan fingerprint density at radius 2 is 1.93 bits per heavy atom. The summed E-state index contributed by atoms with van der Waals surface area (Å²) in [6.07, 6.45) is 1.26. The first-order valence-electron chi connectivity index (χ1n) is 9.03. The number of aromatic nitrogens is 1. The molecule has 3 aromatic rings. The second kappa shape index (κ2) is 8.12. The van der Waals surface area contributed by atoms with E-state index in [0.717, 1.165) is 10.2 Å². The molecule has 0 aliphatic carbocycles. The summed E-state index contributed by atoms with van der Waals surface area (Å²) in [5, 5.41) is 3.30. The van der Waals surface area contributed by atoms with Crippen molar-refractivity contribution in [2.24, 2.45) is 0 Å². The minimum atomic E-state index is -2.93. The van der Waals surface area contributed by atoms with Crippen molar-refractivity contribution in [1.82, 2.24) is 9.88 Å². The third-order valence-corrected chi connectivity index (χ3v) is 5.62. The molecule has 0 spiro atoms. The standard InChI is InChI=1S/C20H17F2N3O3S/c21-19(22)28-13-9-7-12(8-10-13)18(27)25-11-3-5-15(25)17(26)24-20-23-14-4-1-2-6-16(14)29-20/h1-2,4,6-10,15,19H,3,5,11H2,(H,23,24,26). The Bertz CT molecular complexity index is 1010. The van der Waals surface area contributed by atoms with Gasteiger partial charge in [-0.3, -0.25) is 9.59 Å². The highest BCUT2D eigenvalue weighted by Gasteiger charge is 2.35. The number of alkyl halides is 2. The number of fused-ring (bicyclic) bond motifs is 1. The van der Waals surface area contributed by atoms with Crippen molar-refractivity contribution in [2.75, 3.05) is 11.9 Å². The van der Waals surface area contributed by atoms with E-state index in [1.807, 2.05) is 24.3 Å². The van der Waals surface area contributed by atoms with Crippen molar-refractivity contribution < 1.29 is 23.1 Å². The minimum Gasteiger partial charge on any atom is -0.435 e. The number of thiazole rings is 1. The molecule has 1 unspecified atom stereocenters. The highest BCUT2D eigenvalue weighted by molar-refractivity contribution is 7.22. The number of halogens is 2. The maximum Gasteiger partial charge on any atom is 0.387 e. The van der Waals surface area contributed by atoms with Crippen LogP contribution in [0.5, 0.6) is 5.75 Å². The van der Waals surface area contributed by atoms with Gasteiger partial charge in [0.1, 0.15) is 11.8 Å². The molecule has 2 aromatic carbocycles. The zero-order valence-electron chi connectivity index (χ0n) is 15.2. The van der Waals surface area contributed by atoms with E-state index < -0.39 is 12.7 Å². The van der Waals surface area contributed by atoms with Crippen molar-refractivity contribution in [1.29, 1.82) is 0 Å². The van der Waals surface area contributed by atoms with Gasteiger partial charge in [-0.25, -0.2) is 4.98 Å². The number of amides is 2. The van der Waals surface area contributed by atoms with Crippen LogP contribution in [0.25, 0.3) is 10.2 Å². The molecule has 9 heteroatoms. The number of anilines is 1. The average Bonchev–Trinajstić information content (AvgIpc) is 3.34. The van der Waals surface area contributed by atoms with E-state index in [1.165, 1.54) is 40.5 Å². The second-order valence-corrected chi connectivity index (χ2v) is 7.57. The topological polar surface area (TPSA) is 71.5 Å². The maximum atomic E-state index is 12.8. The summed E-state index contributed by atoms with van der Waals surface area (Å²) in [6.45, 7) is -2.47. The van der Waals surface area contributed by atoms with E-state index in [1.54, 1.807) is 0 Å². The molecular weight excluding hydrogens is 400 g/mol. The first-order chi connectivity index (χ1) is 14.0. The Morgan fingerprint density at radius 3 is 2.66 bits per heavy atom. The van der Waals surface area contributed by atoms with Crippen molar-refractivity contribution in [3.8, 4) is 5.75 Å². The summed E-state index contributed by atoms with van der Waals surface area (Å²) in [4.78, 5) is 31.5. The maximum absolute atomic E-state index is 12.8. The molecule has 1 fully saturated rings. The fourth-order valence-corrected chi connectivity index (χ4v) is 4.21. The lowest BCUT2D eigenvalue weighted by Gasteiger charge is -2.23. The molecule has 4 rings (SSSR count). The third kappa shape index (κ3) is 4.19. The molecule has 1 aliphatic rings. The molecule has 1 atom stereocenters. The molecule has 2 amide bonds. The molecule has 150 valence electrons. The van der Waals surface area contributed by atoms with Crippen molar-refractivity contribution in [2.45, 2.75) is 25.5 Å². The van der Waals surface area contributed by atoms with Gasteiger partial charge in [0, 0.05) is 12.1 Å². The van der Waals surface area contributed by atoms with Crippen LogP contribution in [0.2, 0.25) is 0 Å². The Hall–Kier alpha value is -3.07. The number of carbonyl (C=O) groups is 2. The first kappa shape index (κ1) is 19.3. The summed E-state index contributed by atoms with van der Waals surface area (Å²) in [5.41, 5.74) is 1.12. The van der Waals surface area contributed by atoms with E-state index in [2.05, 4.69) is 15.0 Å². The van der Waals surface area contributed by atoms with Crippen molar-refractivity contribution in [3.05, 3.63) is 54.1 Å². The summed E-state index contributed by atoms with van der Waals surface area (Å²) in [5.74, 6) is -0.633. The van der Waals surface area contributed by atoms with Gasteiger partial charge in [-0.2, -0.15) is 8.78 Å². The van der Waals surface area contributed by atoms with Gasteiger partial charge in [0.05, 0.1) is 10.2 Å². The molecule has 1 N–H and O–H groups in total. The van der Waals surface area contributed by atoms with Crippen LogP contribution in [0.4, 0.5) is 13.9 Å². The lowest BCUT2D eigenvalue weighted by atomic mass is 10.1. The summed E-state index contributed by atoms with van der Waals surface area (Å²) < 4.78 is 29.8. The second-order valence-electron chi connectivity index (χ2n) is 6.54. The number of nitrogens with one attached hydrogen (secondary N) is 1. The molecule has 1 aliphatic heterocycles. The largest absolute Gasteiger partial charge is 0.435 e. The van der Waals surface area contributed by atoms with Gasteiger partial charge in [0.15, 0.2) is 5.13 Å². The van der Waals surface area contributed by atoms with Crippen LogP contribution >= 0.6 is 11.3 Å². The van der Waals surface area contributed by atoms with Gasteiger partial charge in [0.25, 0.3) is 5.91 Å². The molecule has 1 aromatic heterocycles. The number of nitrogens with zero attached hydrogens (tertiary/aromatic N) is 2. The van der Waals surface area contributed by atoms with Gasteiger partial charge in [-0.05, 0) is 49.2 Å². The van der Waals surface area contributed by atoms with Gasteiger partial charge in [0.2, 0.25) is 5.91 Å². The van der Waals surface area contributed by atoms with Crippen LogP contribution in [0.15, 0.2) is 48.5 Å². The van der Waals surface area contributed by atoms with Gasteiger partial charge in [-0.15, -0.1) is 0 Å². The van der Waals surface area contributed by atoms with Gasteiger partial charge >= 0.3 is 6.61 Å². The Morgan fingerprint density at radius 1 is 1.17 bits per heavy atom. The number of carbonyl (C=O) groups excluding carboxylic acids is 2. The SMILES string of the molecule is O=C(Nc1nc2ccccc2s1)C1CCCN1C(=O)c1ccc(OC(F)F)cc1. The van der Waals surface area contributed by atoms with Crippen LogP contribution in [-0.2, 0) is 4.79 Å². The monoisotopic (exact) mass is 417 g/mol. The summed E-state index contributed by atoms with van der Waals surface area (Å²) in [7, 11) is 0. The number of hydrogen-bond donors (Lipinski definition) is 1. The Labute approximate surface area is 169 Å². The predicted molar refractivity (Wildman–Crippen MR) is 105 cm³/mol. The van der Waals surface area contributed by atoms with E-state index in [0.29, 0.717) is 30.1 Å². The quantitative estimate of drug-likeness (QED) is 0.677. The van der Waals surface area contributed by atoms with Gasteiger partial charge in [-0.1, -0.05) is 23.5 Å². The van der Waals surface area contributed by atoms with Crippen LogP contribution in [0.1, 0.15) is 23.2 Å². The van der Waals surface area contributed by atoms with E-state index >= 15 is 0 Å². The van der Waals surface area contributed by atoms with Crippen LogP contribution in [0, 0.1) is 0 Å². The first-order valence-corrected chi connectivity index (χ1v) is 9.85. The fraction of sp³-hybridized carbons (Fsp3) is 0.250. The van der Waals surface area contributed by atoms with Crippen LogP contribution in [-0.4, -0.2) is 40.9 Å². The molecule has 1 saturated heterocycles. The molecule has 0 radical (unpaired) electrons. The average molecular weight is 417 g/mol. The van der Waals surface area contributed by atoms with Crippen LogP contribution < -0.4 is 10.1 Å². The summed E-state index contributed by atoms with van der Waals surface area (Å²) >= 11 is 1.38. The third-order valence-electron chi connectivity index (χ3n) is 4.67. The zero-order valence-corrected chi connectivity index (χ0v) is 16.0. The molecular formula is C20H17F2N3O3S. The lowest BCUT2D eigenvalue weighted by molar-refractivity contribution is -0.119. The number of rotatable bonds is 5. The van der Waals surface area contributed by atoms with E-state index in [9.17, 15) is 18.4 Å². The van der Waals surface area contributed by atoms with E-state index in [4.69, 9.17) is 0 Å². The fourth-order valence-electron chi connectivity index (χ4n) is 3.34. The normalized spacial score (nSPS) is 16.4. The summed E-state index contributed by atoms with van der Waals surface area (Å²) in [6, 6.07) is 12.4. The molecule has 6 nitrogen and oxygen atoms in total. The van der Waals surface area contributed by atoms with E-state index in [-0.39, 0.29) is 17.6 Å². The number of likely N-dealkylation sites (tertiary alicyclic amines) is 1. The Kier molecular flexibility index (Phi) is 5.39. The predicted octanol–water partition coefficient (Wildman–Crippen LogP) is 4.14. The molecule has 0 bridgehead atoms. The highest BCUT2D eigenvalue weighted by atomic mass is 32.1. The number of benzene rings is 2. The Balaban J connectivity index is 1.46. The number of ether oxygens (including phenoxy) is 1. The van der Waals surface area contributed by atoms with Crippen molar-refractivity contribution in [3.63, 3.8) is 0 Å². The van der Waals surface area contributed by atoms with Gasteiger partial charge < -0.3 is 15.0 Å². The van der Waals surface area contributed by atoms with Crippen LogP contribution in [0.3, 0.4) is 0 Å². The number of hydrogen-bond acceptors (Lipinski definition) is 5. The highest BCUT2D eigenvalue weighted by Crippen LogP contribution is 2.27. The zero-order chi connectivity index (χ0) is 20.4. The molecule has 29 heavy (non-hydrogen) atoms. The number of para-hydroxylation sites is 1. The van der Waals surface area contributed by atoms with Crippen molar-refractivity contribution >= 4 is 38.5 Å². The molecule has 0 saturated carbocycles. The molecule has 2 heterocycles. The minimum absolute atomic E-state index is 0.0249.